The summed E-state index contributed by atoms with van der Waals surface area (Å²) in [6, 6.07) is 11.2. The predicted octanol–water partition coefficient (Wildman–Crippen LogP) is 6.27. The van der Waals surface area contributed by atoms with Gasteiger partial charge in [0.25, 0.3) is 5.91 Å². The van der Waals surface area contributed by atoms with E-state index in [9.17, 15) is 14.7 Å². The molecule has 3 heterocycles. The summed E-state index contributed by atoms with van der Waals surface area (Å²) in [5.41, 5.74) is 2.04. The molecule has 5 rings (SSSR count). The van der Waals surface area contributed by atoms with E-state index in [4.69, 9.17) is 16.3 Å². The highest BCUT2D eigenvalue weighted by Crippen LogP contribution is 2.68. The zero-order valence-corrected chi connectivity index (χ0v) is 30.4. The van der Waals surface area contributed by atoms with Crippen molar-refractivity contribution in [3.05, 3.63) is 78.4 Å². The lowest BCUT2D eigenvalue weighted by Crippen LogP contribution is -2.59. The molecule has 1 N–H and O–H groups in total. The molecule has 3 amide bonds. The first-order valence-electron chi connectivity index (χ1n) is 16.0. The Kier molecular flexibility index (Phi) is 10.9. The largest absolute Gasteiger partial charge is 0.494 e. The number of amides is 3. The van der Waals surface area contributed by atoms with E-state index in [-0.39, 0.29) is 53.4 Å². The lowest BCUT2D eigenvalue weighted by atomic mass is 9.70. The number of carbonyl (C=O) groups excluding carboxylic acids is 3. The molecular weight excluding hydrogens is 702 g/mol. The van der Waals surface area contributed by atoms with Crippen molar-refractivity contribution in [2.45, 2.75) is 61.0 Å². The van der Waals surface area contributed by atoms with E-state index in [2.05, 4.69) is 29.1 Å². The number of ether oxygens (including phenoxy) is 1. The minimum absolute atomic E-state index is 0.117. The number of fused-ring (bicyclic) bond motifs is 1. The molecule has 47 heavy (non-hydrogen) atoms. The van der Waals surface area contributed by atoms with Crippen molar-refractivity contribution in [2.24, 2.45) is 17.8 Å². The molecule has 0 aromatic heterocycles. The second-order valence-corrected chi connectivity index (χ2v) is 15.8. The molecule has 3 unspecified atom stereocenters. The second kappa shape index (κ2) is 14.4. The molecule has 3 aliphatic heterocycles. The third kappa shape index (κ3) is 6.04. The Balaban J connectivity index is 1.63. The highest BCUT2D eigenvalue weighted by atomic mass is 79.9. The van der Waals surface area contributed by atoms with E-state index >= 15 is 4.79 Å². The number of halogens is 2. The van der Waals surface area contributed by atoms with Crippen molar-refractivity contribution in [1.82, 2.24) is 4.90 Å². The fourth-order valence-corrected chi connectivity index (χ4v) is 11.6. The Labute approximate surface area is 295 Å². The predicted molar refractivity (Wildman–Crippen MR) is 194 cm³/mol. The summed E-state index contributed by atoms with van der Waals surface area (Å²) in [5, 5.41) is 10.8. The van der Waals surface area contributed by atoms with Crippen molar-refractivity contribution in [3.8, 4) is 5.75 Å². The summed E-state index contributed by atoms with van der Waals surface area (Å²) in [6.45, 7) is 16.1. The van der Waals surface area contributed by atoms with Gasteiger partial charge in [0.1, 0.15) is 11.8 Å². The van der Waals surface area contributed by atoms with Crippen LogP contribution in [0.2, 0.25) is 5.02 Å². The molecule has 2 aromatic rings. The number of para-hydroxylation sites is 1. The monoisotopic (exact) mass is 743 g/mol. The highest BCUT2D eigenvalue weighted by Gasteiger charge is 2.76. The number of aliphatic hydroxyl groups excluding tert-OH is 1. The molecular formula is C36H43BrClN3O5S. The van der Waals surface area contributed by atoms with Crippen LogP contribution in [0.15, 0.2) is 67.8 Å². The van der Waals surface area contributed by atoms with E-state index in [0.717, 1.165) is 5.56 Å². The van der Waals surface area contributed by atoms with Gasteiger partial charge in [0.2, 0.25) is 11.8 Å². The van der Waals surface area contributed by atoms with Gasteiger partial charge in [-0.05, 0) is 62.1 Å². The lowest BCUT2D eigenvalue weighted by molar-refractivity contribution is -0.142. The van der Waals surface area contributed by atoms with Gasteiger partial charge in [-0.1, -0.05) is 65.7 Å². The maximum atomic E-state index is 15.1. The standard InChI is InChI=1S/C36H43BrClN3O5S/c1-7-17-39(23-13-15-24(16-14-23)46-9-3)33(43)28-29-34(44)41(27(20-42)21(4)5)32(36(29)19-25(37)31(28)47-36)35(45)40(18-8-2)30-22(6)11-10-12-26(30)38/h7-8,10-16,21,25,27-29,31-32,42H,1-2,9,17-20H2,3-6H3/t25?,27-,28-,29-,31-,32?,36?/m0/s1. The Bertz CT molecular complexity index is 1520. The third-order valence-corrected chi connectivity index (χ3v) is 13.2. The van der Waals surface area contributed by atoms with Gasteiger partial charge in [0.05, 0.1) is 46.5 Å². The molecule has 3 saturated heterocycles. The van der Waals surface area contributed by atoms with E-state index in [0.29, 0.717) is 35.2 Å². The number of anilines is 2. The zero-order chi connectivity index (χ0) is 34.2. The average molecular weight is 745 g/mol. The van der Waals surface area contributed by atoms with Crippen LogP contribution in [0.4, 0.5) is 11.4 Å². The van der Waals surface area contributed by atoms with Gasteiger partial charge < -0.3 is 24.5 Å². The quantitative estimate of drug-likeness (QED) is 0.192. The van der Waals surface area contributed by atoms with Gasteiger partial charge in [-0.15, -0.1) is 24.9 Å². The number of aliphatic hydroxyl groups is 1. The zero-order valence-electron chi connectivity index (χ0n) is 27.3. The molecule has 11 heteroatoms. The fraction of sp³-hybridized carbons (Fsp3) is 0.472. The number of likely N-dealkylation sites (tertiary alicyclic amines) is 1. The summed E-state index contributed by atoms with van der Waals surface area (Å²) < 4.78 is 4.70. The molecule has 7 atom stereocenters. The van der Waals surface area contributed by atoms with Crippen molar-refractivity contribution in [3.63, 3.8) is 0 Å². The van der Waals surface area contributed by atoms with Gasteiger partial charge in [-0.25, -0.2) is 0 Å². The number of hydrogen-bond donors (Lipinski definition) is 1. The lowest BCUT2D eigenvalue weighted by Gasteiger charge is -2.41. The first-order chi connectivity index (χ1) is 22.5. The van der Waals surface area contributed by atoms with Crippen LogP contribution < -0.4 is 14.5 Å². The Hall–Kier alpha value is -2.79. The molecule has 2 aromatic carbocycles. The smallest absolute Gasteiger partial charge is 0.251 e. The number of alkyl halides is 1. The molecule has 252 valence electrons. The number of hydrogen-bond acceptors (Lipinski definition) is 6. The van der Waals surface area contributed by atoms with E-state index < -0.39 is 28.7 Å². The van der Waals surface area contributed by atoms with Crippen LogP contribution in [0.1, 0.15) is 32.8 Å². The van der Waals surface area contributed by atoms with E-state index in [1.165, 1.54) is 0 Å². The topological polar surface area (TPSA) is 90.4 Å². The molecule has 3 aliphatic rings. The molecule has 0 radical (unpaired) electrons. The van der Waals surface area contributed by atoms with Gasteiger partial charge >= 0.3 is 0 Å². The SMILES string of the molecule is C=CCN(C(=O)[C@H]1[C@H]2C(=O)N([C@@H](CO)C(C)C)C(C(=O)N(CC=C)c3c(C)cccc3Cl)C23CC(Br)[C@@H]1S3)c1ccc(OCC)cc1. The van der Waals surface area contributed by atoms with Crippen LogP contribution in [0, 0.1) is 24.7 Å². The number of rotatable bonds is 13. The maximum Gasteiger partial charge on any atom is 0.251 e. The average Bonchev–Trinajstić information content (AvgIpc) is 3.63. The van der Waals surface area contributed by atoms with Crippen LogP contribution in [-0.2, 0) is 14.4 Å². The molecule has 1 spiro atoms. The minimum Gasteiger partial charge on any atom is -0.494 e. The first-order valence-corrected chi connectivity index (χ1v) is 18.2. The van der Waals surface area contributed by atoms with Gasteiger partial charge in [-0.3, -0.25) is 14.4 Å². The molecule has 8 nitrogen and oxygen atoms in total. The number of carbonyl (C=O) groups is 3. The normalized spacial score (nSPS) is 26.7. The van der Waals surface area contributed by atoms with Gasteiger partial charge in [0.15, 0.2) is 0 Å². The van der Waals surface area contributed by atoms with Crippen LogP contribution in [0.3, 0.4) is 0 Å². The van der Waals surface area contributed by atoms with Crippen molar-refractivity contribution < 1.29 is 24.2 Å². The minimum atomic E-state index is -0.943. The number of aryl methyl sites for hydroxylation is 1. The molecule has 0 aliphatic carbocycles. The summed E-state index contributed by atoms with van der Waals surface area (Å²) in [4.78, 5) is 49.4. The highest BCUT2D eigenvalue weighted by molar-refractivity contribution is 9.09. The number of nitrogens with zero attached hydrogens (tertiary/aromatic N) is 3. The van der Waals surface area contributed by atoms with Crippen LogP contribution in [0.25, 0.3) is 0 Å². The Morgan fingerprint density at radius 1 is 1.15 bits per heavy atom. The van der Waals surface area contributed by atoms with Gasteiger partial charge in [-0.2, -0.15) is 0 Å². The number of thioether (sulfide) groups is 1. The van der Waals surface area contributed by atoms with Crippen LogP contribution in [-0.4, -0.2) is 80.9 Å². The first kappa shape index (κ1) is 35.5. The summed E-state index contributed by atoms with van der Waals surface area (Å²) >= 11 is 12.2. The summed E-state index contributed by atoms with van der Waals surface area (Å²) in [7, 11) is 0. The third-order valence-electron chi connectivity index (χ3n) is 9.63. The molecule has 3 fully saturated rings. The van der Waals surface area contributed by atoms with Crippen molar-refractivity contribution in [2.75, 3.05) is 36.1 Å². The molecule has 0 saturated carbocycles. The molecule has 2 bridgehead atoms. The van der Waals surface area contributed by atoms with E-state index in [1.807, 2.05) is 64.1 Å². The Morgan fingerprint density at radius 2 is 1.81 bits per heavy atom. The van der Waals surface area contributed by atoms with Gasteiger partial charge in [0, 0.05) is 28.9 Å². The van der Waals surface area contributed by atoms with Crippen molar-refractivity contribution in [1.29, 1.82) is 0 Å². The maximum absolute atomic E-state index is 15.1. The summed E-state index contributed by atoms with van der Waals surface area (Å²) in [5.74, 6) is -1.70. The van der Waals surface area contributed by atoms with Crippen molar-refractivity contribution >= 4 is 68.4 Å². The summed E-state index contributed by atoms with van der Waals surface area (Å²) in [6.07, 6.45) is 3.83. The van der Waals surface area contributed by atoms with E-state index in [1.54, 1.807) is 44.7 Å². The fourth-order valence-electron chi connectivity index (χ4n) is 7.66. The Morgan fingerprint density at radius 3 is 2.38 bits per heavy atom. The van der Waals surface area contributed by atoms with Crippen LogP contribution >= 0.6 is 39.3 Å². The second-order valence-electron chi connectivity index (χ2n) is 12.7. The van der Waals surface area contributed by atoms with Crippen LogP contribution in [0.5, 0.6) is 5.75 Å². The number of benzene rings is 2.